The van der Waals surface area contributed by atoms with Crippen LogP contribution in [0.3, 0.4) is 0 Å². The molecule has 0 heterocycles. The topological polar surface area (TPSA) is 111 Å². The number of alkyl carbamates (subject to hydrolysis) is 1. The molecule has 0 fully saturated rings. The fourth-order valence-corrected chi connectivity index (χ4v) is 2.57. The number of benzene rings is 1. The van der Waals surface area contributed by atoms with E-state index in [2.05, 4.69) is 10.6 Å². The third-order valence-electron chi connectivity index (χ3n) is 4.35. The van der Waals surface area contributed by atoms with Crippen LogP contribution < -0.4 is 16.4 Å². The number of ether oxygens (including phenoxy) is 1. The van der Waals surface area contributed by atoms with Gasteiger partial charge in [-0.2, -0.15) is 0 Å². The van der Waals surface area contributed by atoms with Gasteiger partial charge in [0, 0.05) is 0 Å². The van der Waals surface area contributed by atoms with Crippen molar-refractivity contribution in [2.45, 2.75) is 59.2 Å². The first-order valence-electron chi connectivity index (χ1n) is 9.31. The summed E-state index contributed by atoms with van der Waals surface area (Å²) in [5.41, 5.74) is 6.24. The lowest BCUT2D eigenvalue weighted by molar-refractivity contribution is -0.129. The molecule has 4 N–H and O–H groups in total. The highest BCUT2D eigenvalue weighted by Gasteiger charge is 2.29. The molecule has 0 aliphatic heterocycles. The highest BCUT2D eigenvalue weighted by Crippen LogP contribution is 2.11. The minimum Gasteiger partial charge on any atom is -0.445 e. The second-order valence-corrected chi connectivity index (χ2v) is 7.16. The van der Waals surface area contributed by atoms with Crippen molar-refractivity contribution >= 4 is 17.9 Å². The van der Waals surface area contributed by atoms with Gasteiger partial charge in [0.05, 0.1) is 0 Å². The van der Waals surface area contributed by atoms with Crippen molar-refractivity contribution in [3.05, 3.63) is 35.9 Å². The number of hydrogen-bond acceptors (Lipinski definition) is 4. The molecular formula is C20H31N3O4. The maximum Gasteiger partial charge on any atom is 0.408 e. The van der Waals surface area contributed by atoms with E-state index in [1.807, 2.05) is 58.0 Å². The Kier molecular flexibility index (Phi) is 9.33. The molecule has 0 bridgehead atoms. The molecular weight excluding hydrogens is 346 g/mol. The molecule has 0 spiro atoms. The number of carbonyl (C=O) groups is 3. The van der Waals surface area contributed by atoms with E-state index in [1.54, 1.807) is 0 Å². The summed E-state index contributed by atoms with van der Waals surface area (Å²) in [5.74, 6) is -0.979. The standard InChI is InChI=1S/C20H31N3O4/c1-5-14(4)17(19(25)22-16(18(21)24)11-13(2)3)23-20(26)27-12-15-9-7-6-8-10-15/h6-10,13-14,16-17H,5,11-12H2,1-4H3,(H2,21,24)(H,22,25)(H,23,26)/t14-,16+,17+/m1/s1. The van der Waals surface area contributed by atoms with Crippen LogP contribution in [-0.2, 0) is 20.9 Å². The average molecular weight is 377 g/mol. The second-order valence-electron chi connectivity index (χ2n) is 7.16. The summed E-state index contributed by atoms with van der Waals surface area (Å²) in [7, 11) is 0. The number of nitrogens with one attached hydrogen (secondary N) is 2. The van der Waals surface area contributed by atoms with Crippen LogP contribution in [0.15, 0.2) is 30.3 Å². The summed E-state index contributed by atoms with van der Waals surface area (Å²) in [6.45, 7) is 7.75. The summed E-state index contributed by atoms with van der Waals surface area (Å²) in [5, 5.41) is 5.27. The lowest BCUT2D eigenvalue weighted by atomic mass is 9.97. The summed E-state index contributed by atoms with van der Waals surface area (Å²) in [6.07, 6.45) is 0.425. The maximum absolute atomic E-state index is 12.7. The zero-order chi connectivity index (χ0) is 20.4. The molecule has 0 radical (unpaired) electrons. The Morgan fingerprint density at radius 2 is 1.70 bits per heavy atom. The van der Waals surface area contributed by atoms with Crippen LogP contribution in [0.25, 0.3) is 0 Å². The van der Waals surface area contributed by atoms with Gasteiger partial charge in [-0.25, -0.2) is 4.79 Å². The third kappa shape index (κ3) is 8.11. The van der Waals surface area contributed by atoms with Gasteiger partial charge in [-0.3, -0.25) is 9.59 Å². The molecule has 3 atom stereocenters. The lowest BCUT2D eigenvalue weighted by Gasteiger charge is -2.26. The quantitative estimate of drug-likeness (QED) is 0.581. The van der Waals surface area contributed by atoms with E-state index in [0.717, 1.165) is 5.56 Å². The SMILES string of the molecule is CC[C@@H](C)[C@H](NC(=O)OCc1ccccc1)C(=O)N[C@@H](CC(C)C)C(N)=O. The van der Waals surface area contributed by atoms with E-state index in [-0.39, 0.29) is 18.4 Å². The Balaban J connectivity index is 2.71. The number of nitrogens with two attached hydrogens (primary N) is 1. The van der Waals surface area contributed by atoms with Crippen molar-refractivity contribution in [1.82, 2.24) is 10.6 Å². The number of primary amides is 1. The minimum atomic E-state index is -0.813. The first-order chi connectivity index (χ1) is 12.7. The van der Waals surface area contributed by atoms with Crippen molar-refractivity contribution in [1.29, 1.82) is 0 Å². The van der Waals surface area contributed by atoms with Crippen LogP contribution in [-0.4, -0.2) is 30.0 Å². The van der Waals surface area contributed by atoms with Crippen LogP contribution in [0, 0.1) is 11.8 Å². The molecule has 0 unspecified atom stereocenters. The van der Waals surface area contributed by atoms with Crippen LogP contribution >= 0.6 is 0 Å². The first-order valence-corrected chi connectivity index (χ1v) is 9.31. The smallest absolute Gasteiger partial charge is 0.408 e. The Morgan fingerprint density at radius 3 is 2.22 bits per heavy atom. The van der Waals surface area contributed by atoms with Crippen molar-refractivity contribution < 1.29 is 19.1 Å². The molecule has 0 aliphatic rings. The number of rotatable bonds is 10. The predicted molar refractivity (Wildman–Crippen MR) is 104 cm³/mol. The van der Waals surface area contributed by atoms with Gasteiger partial charge in [-0.05, 0) is 23.8 Å². The van der Waals surface area contributed by atoms with Crippen molar-refractivity contribution in [3.63, 3.8) is 0 Å². The Bertz CT molecular complexity index is 619. The van der Waals surface area contributed by atoms with E-state index < -0.39 is 30.0 Å². The van der Waals surface area contributed by atoms with E-state index in [9.17, 15) is 14.4 Å². The largest absolute Gasteiger partial charge is 0.445 e. The summed E-state index contributed by atoms with van der Waals surface area (Å²) in [4.78, 5) is 36.4. The molecule has 1 aromatic carbocycles. The highest BCUT2D eigenvalue weighted by molar-refractivity contribution is 5.90. The van der Waals surface area contributed by atoms with Gasteiger partial charge >= 0.3 is 6.09 Å². The Morgan fingerprint density at radius 1 is 1.07 bits per heavy atom. The molecule has 7 nitrogen and oxygen atoms in total. The van der Waals surface area contributed by atoms with Gasteiger partial charge in [0.2, 0.25) is 11.8 Å². The molecule has 27 heavy (non-hydrogen) atoms. The first kappa shape index (κ1) is 22.5. The molecule has 0 saturated heterocycles. The fourth-order valence-electron chi connectivity index (χ4n) is 2.57. The van der Waals surface area contributed by atoms with Gasteiger partial charge in [0.15, 0.2) is 0 Å². The second kappa shape index (κ2) is 11.2. The van der Waals surface area contributed by atoms with Gasteiger partial charge in [-0.15, -0.1) is 0 Å². The molecule has 7 heteroatoms. The van der Waals surface area contributed by atoms with Crippen LogP contribution in [0.1, 0.15) is 46.1 Å². The van der Waals surface area contributed by atoms with Crippen LogP contribution in [0.2, 0.25) is 0 Å². The molecule has 150 valence electrons. The van der Waals surface area contributed by atoms with Crippen molar-refractivity contribution in [3.8, 4) is 0 Å². The monoisotopic (exact) mass is 377 g/mol. The van der Waals surface area contributed by atoms with Gasteiger partial charge in [-0.1, -0.05) is 64.4 Å². The fraction of sp³-hybridized carbons (Fsp3) is 0.550. The number of carbonyl (C=O) groups excluding carboxylic acids is 3. The summed E-state index contributed by atoms with van der Waals surface area (Å²) < 4.78 is 5.20. The molecule has 0 aliphatic carbocycles. The van der Waals surface area contributed by atoms with E-state index >= 15 is 0 Å². The Labute approximate surface area is 161 Å². The average Bonchev–Trinajstić information content (AvgIpc) is 2.63. The van der Waals surface area contributed by atoms with E-state index in [0.29, 0.717) is 12.8 Å². The third-order valence-corrected chi connectivity index (χ3v) is 4.35. The lowest BCUT2D eigenvalue weighted by Crippen LogP contribution is -2.55. The van der Waals surface area contributed by atoms with Gasteiger partial charge < -0.3 is 21.1 Å². The zero-order valence-electron chi connectivity index (χ0n) is 16.5. The predicted octanol–water partition coefficient (Wildman–Crippen LogP) is 2.34. The Hall–Kier alpha value is -2.57. The summed E-state index contributed by atoms with van der Waals surface area (Å²) in [6, 6.07) is 7.68. The van der Waals surface area contributed by atoms with Crippen LogP contribution in [0.4, 0.5) is 4.79 Å². The molecule has 1 aromatic rings. The van der Waals surface area contributed by atoms with Crippen LogP contribution in [0.5, 0.6) is 0 Å². The van der Waals surface area contributed by atoms with E-state index in [1.165, 1.54) is 0 Å². The van der Waals surface area contributed by atoms with Gasteiger partial charge in [0.1, 0.15) is 18.7 Å². The molecule has 0 saturated carbocycles. The molecule has 0 aromatic heterocycles. The zero-order valence-corrected chi connectivity index (χ0v) is 16.5. The minimum absolute atomic E-state index is 0.110. The number of amides is 3. The maximum atomic E-state index is 12.7. The van der Waals surface area contributed by atoms with Crippen molar-refractivity contribution in [2.75, 3.05) is 0 Å². The molecule has 1 rings (SSSR count). The highest BCUT2D eigenvalue weighted by atomic mass is 16.5. The normalized spacial score (nSPS) is 14.1. The van der Waals surface area contributed by atoms with Crippen molar-refractivity contribution in [2.24, 2.45) is 17.6 Å². The summed E-state index contributed by atoms with van der Waals surface area (Å²) >= 11 is 0. The van der Waals surface area contributed by atoms with Gasteiger partial charge in [0.25, 0.3) is 0 Å². The number of hydrogen-bond donors (Lipinski definition) is 3. The molecule has 3 amide bonds. The van der Waals surface area contributed by atoms with E-state index in [4.69, 9.17) is 10.5 Å².